The highest BCUT2D eigenvalue weighted by Gasteiger charge is 2.24. The van der Waals surface area contributed by atoms with Crippen LogP contribution in [0.2, 0.25) is 0 Å². The summed E-state index contributed by atoms with van der Waals surface area (Å²) in [5.41, 5.74) is 1.34. The van der Waals surface area contributed by atoms with Gasteiger partial charge in [-0.25, -0.2) is 0 Å². The second-order valence-corrected chi connectivity index (χ2v) is 5.72. The van der Waals surface area contributed by atoms with E-state index in [2.05, 4.69) is 64.3 Å². The van der Waals surface area contributed by atoms with E-state index in [1.807, 2.05) is 0 Å². The van der Waals surface area contributed by atoms with Crippen LogP contribution < -0.4 is 10.2 Å². The van der Waals surface area contributed by atoms with Gasteiger partial charge in [0.1, 0.15) is 0 Å². The van der Waals surface area contributed by atoms with Gasteiger partial charge in [-0.15, -0.1) is 0 Å². The van der Waals surface area contributed by atoms with E-state index in [1.54, 1.807) is 0 Å². The lowest BCUT2D eigenvalue weighted by atomic mass is 9.97. The van der Waals surface area contributed by atoms with Crippen LogP contribution in [0.25, 0.3) is 0 Å². The Morgan fingerprint density at radius 1 is 1.47 bits per heavy atom. The molecule has 2 unspecified atom stereocenters. The molecule has 0 aliphatic carbocycles. The van der Waals surface area contributed by atoms with Gasteiger partial charge in [0.2, 0.25) is 0 Å². The molecule has 1 heterocycles. The molecule has 2 atom stereocenters. The number of halogens is 1. The molecular formula is C14H21BrN2. The summed E-state index contributed by atoms with van der Waals surface area (Å²) in [6.07, 6.45) is 2.48. The fourth-order valence-electron chi connectivity index (χ4n) is 2.68. The molecule has 17 heavy (non-hydrogen) atoms. The normalized spacial score (nSPS) is 25.0. The van der Waals surface area contributed by atoms with E-state index in [0.717, 1.165) is 17.6 Å². The first kappa shape index (κ1) is 12.9. The lowest BCUT2D eigenvalue weighted by Gasteiger charge is -2.39. The molecule has 0 amide bonds. The van der Waals surface area contributed by atoms with Crippen molar-refractivity contribution in [2.24, 2.45) is 0 Å². The minimum atomic E-state index is 0.613. The van der Waals surface area contributed by atoms with Crippen molar-refractivity contribution in [3.8, 4) is 0 Å². The van der Waals surface area contributed by atoms with Crippen LogP contribution in [0.5, 0.6) is 0 Å². The first-order chi connectivity index (χ1) is 8.20. The lowest BCUT2D eigenvalue weighted by molar-refractivity contribution is 0.374. The molecule has 0 spiro atoms. The summed E-state index contributed by atoms with van der Waals surface area (Å²) in [7, 11) is 0. The fraction of sp³-hybridized carbons (Fsp3) is 0.571. The third-order valence-electron chi connectivity index (χ3n) is 3.51. The first-order valence-corrected chi connectivity index (χ1v) is 7.25. The van der Waals surface area contributed by atoms with Crippen LogP contribution in [0.1, 0.15) is 26.7 Å². The molecule has 1 saturated heterocycles. The highest BCUT2D eigenvalue weighted by atomic mass is 79.9. The number of rotatable bonds is 3. The Hall–Kier alpha value is -0.540. The van der Waals surface area contributed by atoms with Crippen molar-refractivity contribution in [3.63, 3.8) is 0 Å². The predicted octanol–water partition coefficient (Wildman–Crippen LogP) is 3.42. The van der Waals surface area contributed by atoms with Gasteiger partial charge in [-0.1, -0.05) is 28.9 Å². The molecule has 2 nitrogen and oxygen atoms in total. The monoisotopic (exact) mass is 296 g/mol. The molecule has 1 aliphatic rings. The molecule has 3 heteroatoms. The van der Waals surface area contributed by atoms with Crippen LogP contribution in [0.15, 0.2) is 28.7 Å². The number of nitrogens with zero attached hydrogens (tertiary/aromatic N) is 1. The lowest BCUT2D eigenvalue weighted by Crippen LogP contribution is -2.47. The third kappa shape index (κ3) is 3.23. The number of piperidine rings is 1. The smallest absolute Gasteiger partial charge is 0.0379 e. The maximum atomic E-state index is 3.56. The van der Waals surface area contributed by atoms with Crippen molar-refractivity contribution in [2.75, 3.05) is 18.0 Å². The molecule has 1 N–H and O–H groups in total. The summed E-state index contributed by atoms with van der Waals surface area (Å²) in [6.45, 7) is 6.74. The van der Waals surface area contributed by atoms with Crippen LogP contribution in [0.4, 0.5) is 5.69 Å². The van der Waals surface area contributed by atoms with Crippen molar-refractivity contribution in [3.05, 3.63) is 28.7 Å². The molecule has 0 saturated carbocycles. The Kier molecular flexibility index (Phi) is 4.46. The largest absolute Gasteiger partial charge is 0.369 e. The van der Waals surface area contributed by atoms with E-state index in [-0.39, 0.29) is 0 Å². The molecular weight excluding hydrogens is 276 g/mol. The Morgan fingerprint density at radius 3 is 2.94 bits per heavy atom. The average Bonchev–Trinajstić information content (AvgIpc) is 2.29. The maximum absolute atomic E-state index is 3.56. The summed E-state index contributed by atoms with van der Waals surface area (Å²) in [6, 6.07) is 9.92. The van der Waals surface area contributed by atoms with Gasteiger partial charge in [-0.05, 0) is 44.5 Å². The van der Waals surface area contributed by atoms with Gasteiger partial charge in [0.05, 0.1) is 0 Å². The summed E-state index contributed by atoms with van der Waals surface area (Å²) in [5, 5.41) is 3.56. The average molecular weight is 297 g/mol. The van der Waals surface area contributed by atoms with Gasteiger partial charge in [0.25, 0.3) is 0 Å². The Labute approximate surface area is 113 Å². The quantitative estimate of drug-likeness (QED) is 0.919. The van der Waals surface area contributed by atoms with E-state index >= 15 is 0 Å². The standard InChI is InChI=1S/C14H21BrN2/c1-3-16-13-7-8-17(11(2)9-13)14-6-4-5-12(15)10-14/h4-6,10-11,13,16H,3,7-9H2,1-2H3. The summed E-state index contributed by atoms with van der Waals surface area (Å²) >= 11 is 3.55. The van der Waals surface area contributed by atoms with Crippen LogP contribution in [0.3, 0.4) is 0 Å². The topological polar surface area (TPSA) is 15.3 Å². The van der Waals surface area contributed by atoms with Crippen molar-refractivity contribution in [2.45, 2.75) is 38.8 Å². The number of nitrogens with one attached hydrogen (secondary N) is 1. The van der Waals surface area contributed by atoms with Crippen molar-refractivity contribution < 1.29 is 0 Å². The molecule has 1 aromatic carbocycles. The van der Waals surface area contributed by atoms with E-state index in [1.165, 1.54) is 18.5 Å². The predicted molar refractivity (Wildman–Crippen MR) is 77.6 cm³/mol. The van der Waals surface area contributed by atoms with Crippen LogP contribution in [-0.2, 0) is 0 Å². The van der Waals surface area contributed by atoms with E-state index in [4.69, 9.17) is 0 Å². The van der Waals surface area contributed by atoms with Gasteiger partial charge >= 0.3 is 0 Å². The SMILES string of the molecule is CCNC1CCN(c2cccc(Br)c2)C(C)C1. The minimum absolute atomic E-state index is 0.613. The molecule has 0 aromatic heterocycles. The maximum Gasteiger partial charge on any atom is 0.0379 e. The van der Waals surface area contributed by atoms with E-state index in [0.29, 0.717) is 12.1 Å². The molecule has 1 aromatic rings. The highest BCUT2D eigenvalue weighted by Crippen LogP contribution is 2.26. The molecule has 0 radical (unpaired) electrons. The molecule has 2 rings (SSSR count). The second-order valence-electron chi connectivity index (χ2n) is 4.80. The van der Waals surface area contributed by atoms with Crippen molar-refractivity contribution >= 4 is 21.6 Å². The minimum Gasteiger partial charge on any atom is -0.369 e. The van der Waals surface area contributed by atoms with Crippen molar-refractivity contribution in [1.82, 2.24) is 5.32 Å². The first-order valence-electron chi connectivity index (χ1n) is 6.46. The third-order valence-corrected chi connectivity index (χ3v) is 4.00. The number of hydrogen-bond donors (Lipinski definition) is 1. The Bertz CT molecular complexity index is 367. The summed E-state index contributed by atoms with van der Waals surface area (Å²) in [5.74, 6) is 0. The van der Waals surface area contributed by atoms with E-state index in [9.17, 15) is 0 Å². The number of anilines is 1. The molecule has 1 fully saturated rings. The zero-order chi connectivity index (χ0) is 12.3. The number of benzene rings is 1. The van der Waals surface area contributed by atoms with Gasteiger partial charge in [-0.3, -0.25) is 0 Å². The van der Waals surface area contributed by atoms with E-state index < -0.39 is 0 Å². The second kappa shape index (κ2) is 5.87. The molecule has 0 bridgehead atoms. The van der Waals surface area contributed by atoms with Gasteiger partial charge < -0.3 is 10.2 Å². The van der Waals surface area contributed by atoms with Gasteiger partial charge in [0.15, 0.2) is 0 Å². The molecule has 94 valence electrons. The molecule has 1 aliphatic heterocycles. The van der Waals surface area contributed by atoms with Gasteiger partial charge in [-0.2, -0.15) is 0 Å². The summed E-state index contributed by atoms with van der Waals surface area (Å²) in [4.78, 5) is 2.51. The van der Waals surface area contributed by atoms with Gasteiger partial charge in [0, 0.05) is 28.8 Å². The van der Waals surface area contributed by atoms with Crippen LogP contribution in [-0.4, -0.2) is 25.2 Å². The summed E-state index contributed by atoms with van der Waals surface area (Å²) < 4.78 is 1.16. The van der Waals surface area contributed by atoms with Crippen LogP contribution >= 0.6 is 15.9 Å². The van der Waals surface area contributed by atoms with Crippen LogP contribution in [0, 0.1) is 0 Å². The fourth-order valence-corrected chi connectivity index (χ4v) is 3.07. The number of hydrogen-bond acceptors (Lipinski definition) is 2. The Balaban J connectivity index is 2.04. The zero-order valence-corrected chi connectivity index (χ0v) is 12.2. The highest BCUT2D eigenvalue weighted by molar-refractivity contribution is 9.10. The zero-order valence-electron chi connectivity index (χ0n) is 10.6. The Morgan fingerprint density at radius 2 is 2.29 bits per heavy atom. The van der Waals surface area contributed by atoms with Crippen molar-refractivity contribution in [1.29, 1.82) is 0 Å².